The first kappa shape index (κ1) is 19.7. The number of ketones is 1. The van der Waals surface area contributed by atoms with Gasteiger partial charge in [0.2, 0.25) is 0 Å². The Labute approximate surface area is 170 Å². The third-order valence-electron chi connectivity index (χ3n) is 5.18. The van der Waals surface area contributed by atoms with Gasteiger partial charge in [-0.3, -0.25) is 9.53 Å². The lowest BCUT2D eigenvalue weighted by Crippen LogP contribution is -2.71. The lowest BCUT2D eigenvalue weighted by molar-refractivity contribution is -0.435. The summed E-state index contributed by atoms with van der Waals surface area (Å²) in [5.41, 5.74) is -2.06. The number of benzene rings is 2. The Balaban J connectivity index is 1.82. The lowest BCUT2D eigenvalue weighted by Gasteiger charge is -2.51. The molecule has 0 spiro atoms. The average molecular weight is 440 g/mol. The van der Waals surface area contributed by atoms with Crippen LogP contribution in [0.5, 0.6) is 11.5 Å². The number of carbonyl (C=O) groups is 1. The molecule has 2 aromatic carbocycles. The van der Waals surface area contributed by atoms with Crippen molar-refractivity contribution in [1.82, 2.24) is 0 Å². The largest absolute Gasteiger partial charge is 0.460 e. The van der Waals surface area contributed by atoms with Gasteiger partial charge in [0.1, 0.15) is 11.5 Å². The standard InChI is InChI=1S/C21H10F6O4/c22-20(23,24)18-13(9-11-5-1-3-7-15(11)29-18)17(28)14-10-12-6-2-4-8-16(12)30-19(14,31-18)21(25,26)27/h1-10H/t18-,19+. The van der Waals surface area contributed by atoms with Gasteiger partial charge in [-0.05, 0) is 24.3 Å². The minimum atomic E-state index is -5.55. The predicted molar refractivity (Wildman–Crippen MR) is 93.8 cm³/mol. The van der Waals surface area contributed by atoms with Gasteiger partial charge in [0.05, 0.1) is 11.1 Å². The van der Waals surface area contributed by atoms with Gasteiger partial charge < -0.3 is 9.47 Å². The van der Waals surface area contributed by atoms with E-state index < -0.39 is 52.4 Å². The maximum atomic E-state index is 14.3. The topological polar surface area (TPSA) is 44.8 Å². The molecule has 3 heterocycles. The molecule has 0 radical (unpaired) electrons. The summed E-state index contributed by atoms with van der Waals surface area (Å²) in [6, 6.07) is 10.6. The van der Waals surface area contributed by atoms with Gasteiger partial charge in [-0.25, -0.2) is 0 Å². The van der Waals surface area contributed by atoms with Gasteiger partial charge in [-0.2, -0.15) is 26.3 Å². The Kier molecular flexibility index (Phi) is 3.75. The summed E-state index contributed by atoms with van der Waals surface area (Å²) >= 11 is 0. The summed E-state index contributed by atoms with van der Waals surface area (Å²) in [6.07, 6.45) is -9.44. The molecule has 31 heavy (non-hydrogen) atoms. The molecule has 3 aliphatic heterocycles. The second kappa shape index (κ2) is 5.91. The Morgan fingerprint density at radius 2 is 1.03 bits per heavy atom. The molecule has 1 fully saturated rings. The molecule has 0 aromatic heterocycles. The number of hydrogen-bond acceptors (Lipinski definition) is 4. The second-order valence-corrected chi connectivity index (χ2v) is 7.06. The van der Waals surface area contributed by atoms with Crippen LogP contribution in [0.2, 0.25) is 0 Å². The highest BCUT2D eigenvalue weighted by molar-refractivity contribution is 6.17. The highest BCUT2D eigenvalue weighted by atomic mass is 19.4. The zero-order valence-corrected chi connectivity index (χ0v) is 15.2. The minimum Gasteiger partial charge on any atom is -0.449 e. The molecule has 4 nitrogen and oxygen atoms in total. The third kappa shape index (κ3) is 2.51. The van der Waals surface area contributed by atoms with E-state index in [4.69, 9.17) is 14.2 Å². The van der Waals surface area contributed by atoms with Gasteiger partial charge >= 0.3 is 23.9 Å². The number of alkyl halides is 6. The molecule has 5 rings (SSSR count). The molecule has 1 saturated heterocycles. The van der Waals surface area contributed by atoms with E-state index in [9.17, 15) is 31.1 Å². The number of carbonyl (C=O) groups excluding carboxylic acids is 1. The van der Waals surface area contributed by atoms with Gasteiger partial charge in [-0.1, -0.05) is 36.4 Å². The minimum absolute atomic E-state index is 0.0894. The smallest absolute Gasteiger partial charge is 0.449 e. The molecule has 0 unspecified atom stereocenters. The van der Waals surface area contributed by atoms with Crippen molar-refractivity contribution in [2.24, 2.45) is 0 Å². The number of fused-ring (bicyclic) bond motifs is 4. The van der Waals surface area contributed by atoms with E-state index in [1.54, 1.807) is 0 Å². The maximum Gasteiger partial charge on any atom is 0.460 e. The summed E-state index contributed by atoms with van der Waals surface area (Å²) in [7, 11) is 0. The molecule has 10 heteroatoms. The van der Waals surface area contributed by atoms with Crippen molar-refractivity contribution in [2.45, 2.75) is 23.9 Å². The third-order valence-corrected chi connectivity index (χ3v) is 5.18. The summed E-state index contributed by atoms with van der Waals surface area (Å²) in [5.74, 6) is -10.4. The van der Waals surface area contributed by atoms with Gasteiger partial charge in [-0.15, -0.1) is 0 Å². The van der Waals surface area contributed by atoms with Gasteiger partial charge in [0.25, 0.3) is 0 Å². The highest BCUT2D eigenvalue weighted by Crippen LogP contribution is 2.58. The van der Waals surface area contributed by atoms with Crippen LogP contribution in [0.3, 0.4) is 0 Å². The molecule has 0 aliphatic carbocycles. The fourth-order valence-corrected chi connectivity index (χ4v) is 3.77. The highest BCUT2D eigenvalue weighted by Gasteiger charge is 2.78. The number of hydrogen-bond donors (Lipinski definition) is 0. The monoisotopic (exact) mass is 440 g/mol. The second-order valence-electron chi connectivity index (χ2n) is 7.06. The van der Waals surface area contributed by atoms with E-state index in [0.717, 1.165) is 24.3 Å². The van der Waals surface area contributed by atoms with Crippen molar-refractivity contribution < 1.29 is 45.3 Å². The fraction of sp³-hybridized carbons (Fsp3) is 0.190. The summed E-state index contributed by atoms with van der Waals surface area (Å²) < 4.78 is 100. The lowest BCUT2D eigenvalue weighted by atomic mass is 9.82. The quantitative estimate of drug-likeness (QED) is 0.538. The van der Waals surface area contributed by atoms with E-state index in [2.05, 4.69) is 0 Å². The van der Waals surface area contributed by atoms with Crippen molar-refractivity contribution >= 4 is 17.9 Å². The molecule has 2 aromatic rings. The first-order valence-electron chi connectivity index (χ1n) is 8.87. The molecule has 2 atom stereocenters. The molecule has 0 saturated carbocycles. The summed E-state index contributed by atoms with van der Waals surface area (Å²) in [5, 5.41) is 0. The number of para-hydroxylation sites is 2. The first-order chi connectivity index (χ1) is 14.5. The molecule has 0 bridgehead atoms. The maximum absolute atomic E-state index is 14.3. The molecular formula is C21H10F6O4. The molecule has 160 valence electrons. The van der Waals surface area contributed by atoms with Crippen molar-refractivity contribution in [1.29, 1.82) is 0 Å². The van der Waals surface area contributed by atoms with Gasteiger partial charge in [0.15, 0.2) is 5.78 Å². The molecule has 0 amide bonds. The van der Waals surface area contributed by atoms with Crippen molar-refractivity contribution in [3.63, 3.8) is 0 Å². The van der Waals surface area contributed by atoms with Crippen LogP contribution in [-0.4, -0.2) is 29.7 Å². The molecular weight excluding hydrogens is 430 g/mol. The number of rotatable bonds is 0. The number of ether oxygens (including phenoxy) is 3. The van der Waals surface area contributed by atoms with E-state index in [1.165, 1.54) is 36.4 Å². The Bertz CT molecular complexity index is 1090. The van der Waals surface area contributed by atoms with Gasteiger partial charge in [0, 0.05) is 11.1 Å². The fourth-order valence-electron chi connectivity index (χ4n) is 3.77. The summed E-state index contributed by atoms with van der Waals surface area (Å²) in [6.45, 7) is 0. The van der Waals surface area contributed by atoms with Crippen LogP contribution in [0.1, 0.15) is 11.1 Å². The normalized spacial score (nSPS) is 26.8. The predicted octanol–water partition coefficient (Wildman–Crippen LogP) is 5.05. The first-order valence-corrected chi connectivity index (χ1v) is 8.87. The number of halogens is 6. The van der Waals surface area contributed by atoms with Crippen LogP contribution < -0.4 is 9.47 Å². The van der Waals surface area contributed by atoms with Crippen LogP contribution in [0.15, 0.2) is 59.7 Å². The Morgan fingerprint density at radius 3 is 1.42 bits per heavy atom. The Hall–Kier alpha value is -3.27. The summed E-state index contributed by atoms with van der Waals surface area (Å²) in [4.78, 5) is 13.1. The van der Waals surface area contributed by atoms with Crippen molar-refractivity contribution in [2.75, 3.05) is 0 Å². The van der Waals surface area contributed by atoms with Crippen LogP contribution in [-0.2, 0) is 9.53 Å². The van der Waals surface area contributed by atoms with Crippen LogP contribution in [0.25, 0.3) is 12.2 Å². The van der Waals surface area contributed by atoms with E-state index in [1.807, 2.05) is 0 Å². The van der Waals surface area contributed by atoms with Crippen LogP contribution in [0.4, 0.5) is 26.3 Å². The van der Waals surface area contributed by atoms with Crippen molar-refractivity contribution in [3.8, 4) is 11.5 Å². The zero-order valence-electron chi connectivity index (χ0n) is 15.2. The van der Waals surface area contributed by atoms with E-state index >= 15 is 0 Å². The number of Topliss-reactive ketones (excluding diaryl/α,β-unsaturated/α-hetero) is 1. The zero-order chi connectivity index (χ0) is 22.2. The molecule has 0 N–H and O–H groups in total. The SMILES string of the molecule is O=C1C2=Cc3ccccc3O[C@]2(C(F)(F)F)O[C@]2(C(F)(F)F)Oc3ccccc3C=C12. The van der Waals surface area contributed by atoms with E-state index in [-0.39, 0.29) is 11.1 Å². The van der Waals surface area contributed by atoms with Crippen LogP contribution >= 0.6 is 0 Å². The van der Waals surface area contributed by atoms with E-state index in [0.29, 0.717) is 0 Å². The molecule has 3 aliphatic rings. The van der Waals surface area contributed by atoms with Crippen molar-refractivity contribution in [3.05, 3.63) is 70.8 Å². The van der Waals surface area contributed by atoms with Crippen LogP contribution in [0, 0.1) is 0 Å². The average Bonchev–Trinajstić information content (AvgIpc) is 2.70. The Morgan fingerprint density at radius 1 is 0.645 bits per heavy atom.